The summed E-state index contributed by atoms with van der Waals surface area (Å²) in [6.45, 7) is 0.311. The molecule has 0 bridgehead atoms. The van der Waals surface area contributed by atoms with Crippen LogP contribution in [-0.4, -0.2) is 28.1 Å². The smallest absolute Gasteiger partial charge is 0.270 e. The Balaban J connectivity index is 1.46. The van der Waals surface area contributed by atoms with Gasteiger partial charge in [-0.25, -0.2) is 0 Å². The van der Waals surface area contributed by atoms with E-state index < -0.39 is 4.92 Å². The van der Waals surface area contributed by atoms with E-state index in [1.807, 2.05) is 54.6 Å². The zero-order chi connectivity index (χ0) is 23.2. The summed E-state index contributed by atoms with van der Waals surface area (Å²) in [7, 11) is 0. The van der Waals surface area contributed by atoms with Crippen LogP contribution in [0.5, 0.6) is 0 Å². The van der Waals surface area contributed by atoms with Gasteiger partial charge in [-0.2, -0.15) is 0 Å². The molecule has 0 atom stereocenters. The van der Waals surface area contributed by atoms with Crippen molar-refractivity contribution in [2.24, 2.45) is 0 Å². The van der Waals surface area contributed by atoms with Gasteiger partial charge in [0.2, 0.25) is 0 Å². The van der Waals surface area contributed by atoms with Gasteiger partial charge in [-0.1, -0.05) is 54.6 Å². The molecule has 7 heteroatoms. The minimum absolute atomic E-state index is 0.118. The van der Waals surface area contributed by atoms with Crippen LogP contribution in [0.1, 0.15) is 41.6 Å². The van der Waals surface area contributed by atoms with E-state index in [2.05, 4.69) is 10.6 Å². The Bertz CT molecular complexity index is 1110. The SMILES string of the molecule is O=C(NCc1ccc(-c2ccccc2)cc1)c1cc([N+](=O)[O-])ccc1NC1CCC(O)CC1. The quantitative estimate of drug-likeness (QED) is 0.354. The first-order valence-electron chi connectivity index (χ1n) is 11.1. The average Bonchev–Trinajstić information content (AvgIpc) is 2.85. The molecule has 0 unspecified atom stereocenters. The van der Waals surface area contributed by atoms with Crippen molar-refractivity contribution >= 4 is 17.3 Å². The Labute approximate surface area is 192 Å². The molecule has 0 saturated heterocycles. The third-order valence-corrected chi connectivity index (χ3v) is 6.03. The van der Waals surface area contributed by atoms with Gasteiger partial charge in [0.1, 0.15) is 0 Å². The molecule has 1 fully saturated rings. The third kappa shape index (κ3) is 5.75. The lowest BCUT2D eigenvalue weighted by Crippen LogP contribution is -2.30. The van der Waals surface area contributed by atoms with Gasteiger partial charge in [0.15, 0.2) is 0 Å². The molecular formula is C26H27N3O4. The second-order valence-electron chi connectivity index (χ2n) is 8.38. The number of carbonyl (C=O) groups is 1. The lowest BCUT2D eigenvalue weighted by Gasteiger charge is -2.27. The number of aliphatic hydroxyl groups is 1. The summed E-state index contributed by atoms with van der Waals surface area (Å²) in [6.07, 6.45) is 2.69. The summed E-state index contributed by atoms with van der Waals surface area (Å²) in [5, 5.41) is 27.2. The number of non-ortho nitro benzene ring substituents is 1. The van der Waals surface area contributed by atoms with E-state index in [0.717, 1.165) is 29.5 Å². The first-order valence-corrected chi connectivity index (χ1v) is 11.1. The summed E-state index contributed by atoms with van der Waals surface area (Å²) in [5.41, 5.74) is 3.83. The van der Waals surface area contributed by atoms with Crippen LogP contribution in [-0.2, 0) is 6.54 Å². The number of aliphatic hydroxyl groups excluding tert-OH is 1. The van der Waals surface area contributed by atoms with Crippen molar-refractivity contribution in [3.05, 3.63) is 94.0 Å². The molecule has 170 valence electrons. The first-order chi connectivity index (χ1) is 16.0. The first kappa shape index (κ1) is 22.5. The highest BCUT2D eigenvalue weighted by Crippen LogP contribution is 2.27. The van der Waals surface area contributed by atoms with Gasteiger partial charge in [0.25, 0.3) is 11.6 Å². The highest BCUT2D eigenvalue weighted by atomic mass is 16.6. The maximum absolute atomic E-state index is 13.0. The molecule has 0 radical (unpaired) electrons. The summed E-state index contributed by atoms with van der Waals surface area (Å²) in [4.78, 5) is 23.7. The molecule has 1 amide bonds. The van der Waals surface area contributed by atoms with E-state index in [-0.39, 0.29) is 29.3 Å². The van der Waals surface area contributed by atoms with Crippen LogP contribution < -0.4 is 10.6 Å². The number of nitro benzene ring substituents is 1. The summed E-state index contributed by atoms with van der Waals surface area (Å²) < 4.78 is 0. The van der Waals surface area contributed by atoms with Crippen molar-refractivity contribution in [2.75, 3.05) is 5.32 Å². The molecule has 3 aromatic rings. The van der Waals surface area contributed by atoms with Crippen molar-refractivity contribution in [2.45, 2.75) is 44.4 Å². The molecule has 0 heterocycles. The van der Waals surface area contributed by atoms with Gasteiger partial charge in [0, 0.05) is 30.4 Å². The summed E-state index contributed by atoms with van der Waals surface area (Å²) in [6, 6.07) is 22.4. The maximum Gasteiger partial charge on any atom is 0.270 e. The predicted octanol–water partition coefficient (Wildman–Crippen LogP) is 4.91. The van der Waals surface area contributed by atoms with Crippen molar-refractivity contribution in [3.8, 4) is 11.1 Å². The monoisotopic (exact) mass is 445 g/mol. The number of rotatable bonds is 7. The van der Waals surface area contributed by atoms with Gasteiger partial charge < -0.3 is 15.7 Å². The largest absolute Gasteiger partial charge is 0.393 e. The van der Waals surface area contributed by atoms with Gasteiger partial charge in [-0.3, -0.25) is 14.9 Å². The van der Waals surface area contributed by atoms with E-state index in [9.17, 15) is 20.0 Å². The van der Waals surface area contributed by atoms with Gasteiger partial charge >= 0.3 is 0 Å². The second-order valence-corrected chi connectivity index (χ2v) is 8.38. The Morgan fingerprint density at radius 2 is 1.61 bits per heavy atom. The normalized spacial score (nSPS) is 17.8. The Morgan fingerprint density at radius 3 is 2.27 bits per heavy atom. The molecule has 0 aliphatic heterocycles. The molecular weight excluding hydrogens is 418 g/mol. The highest BCUT2D eigenvalue weighted by Gasteiger charge is 2.22. The summed E-state index contributed by atoms with van der Waals surface area (Å²) in [5.74, 6) is -0.371. The number of benzene rings is 3. The molecule has 33 heavy (non-hydrogen) atoms. The molecule has 3 N–H and O–H groups in total. The van der Waals surface area contributed by atoms with Crippen LogP contribution in [0.15, 0.2) is 72.8 Å². The molecule has 1 saturated carbocycles. The van der Waals surface area contributed by atoms with Crippen molar-refractivity contribution in [1.82, 2.24) is 5.32 Å². The van der Waals surface area contributed by atoms with Crippen molar-refractivity contribution in [1.29, 1.82) is 0 Å². The van der Waals surface area contributed by atoms with E-state index in [1.165, 1.54) is 12.1 Å². The van der Waals surface area contributed by atoms with Gasteiger partial charge in [0.05, 0.1) is 16.6 Å². The molecule has 0 spiro atoms. The van der Waals surface area contributed by atoms with Crippen molar-refractivity contribution in [3.63, 3.8) is 0 Å². The number of carbonyl (C=O) groups excluding carboxylic acids is 1. The number of nitrogens with one attached hydrogen (secondary N) is 2. The Kier molecular flexibility index (Phi) is 7.00. The van der Waals surface area contributed by atoms with Crippen LogP contribution in [0, 0.1) is 10.1 Å². The fourth-order valence-electron chi connectivity index (χ4n) is 4.12. The molecule has 3 aromatic carbocycles. The van der Waals surface area contributed by atoms with E-state index >= 15 is 0 Å². The fourth-order valence-corrected chi connectivity index (χ4v) is 4.12. The third-order valence-electron chi connectivity index (χ3n) is 6.03. The van der Waals surface area contributed by atoms with E-state index in [0.29, 0.717) is 25.1 Å². The standard InChI is InChI=1S/C26H27N3O4/c30-23-13-10-21(11-14-23)28-25-15-12-22(29(32)33)16-24(25)26(31)27-17-18-6-8-20(9-7-18)19-4-2-1-3-5-19/h1-9,12,15-16,21,23,28,30H,10-11,13-14,17H2,(H,27,31). The van der Waals surface area contributed by atoms with Crippen LogP contribution in [0.3, 0.4) is 0 Å². The van der Waals surface area contributed by atoms with Gasteiger partial charge in [-0.05, 0) is 48.4 Å². The van der Waals surface area contributed by atoms with Crippen LogP contribution >= 0.6 is 0 Å². The topological polar surface area (TPSA) is 104 Å². The van der Waals surface area contributed by atoms with Crippen LogP contribution in [0.4, 0.5) is 11.4 Å². The lowest BCUT2D eigenvalue weighted by molar-refractivity contribution is -0.384. The van der Waals surface area contributed by atoms with Gasteiger partial charge in [-0.15, -0.1) is 0 Å². The number of nitro groups is 1. The number of hydrogen-bond donors (Lipinski definition) is 3. The minimum atomic E-state index is -0.500. The number of amides is 1. The zero-order valence-electron chi connectivity index (χ0n) is 18.2. The van der Waals surface area contributed by atoms with E-state index in [4.69, 9.17) is 0 Å². The number of hydrogen-bond acceptors (Lipinski definition) is 5. The minimum Gasteiger partial charge on any atom is -0.393 e. The highest BCUT2D eigenvalue weighted by molar-refractivity contribution is 6.00. The van der Waals surface area contributed by atoms with Crippen LogP contribution in [0.25, 0.3) is 11.1 Å². The molecule has 1 aliphatic carbocycles. The van der Waals surface area contributed by atoms with Crippen LogP contribution in [0.2, 0.25) is 0 Å². The lowest BCUT2D eigenvalue weighted by atomic mass is 9.92. The molecule has 7 nitrogen and oxygen atoms in total. The predicted molar refractivity (Wildman–Crippen MR) is 128 cm³/mol. The number of nitrogens with zero attached hydrogens (tertiary/aromatic N) is 1. The fraction of sp³-hybridized carbons (Fsp3) is 0.269. The molecule has 4 rings (SSSR count). The molecule has 1 aliphatic rings. The second kappa shape index (κ2) is 10.3. The van der Waals surface area contributed by atoms with E-state index in [1.54, 1.807) is 6.07 Å². The zero-order valence-corrected chi connectivity index (χ0v) is 18.2. The van der Waals surface area contributed by atoms with Crippen molar-refractivity contribution < 1.29 is 14.8 Å². The number of anilines is 1. The Morgan fingerprint density at radius 1 is 0.939 bits per heavy atom. The average molecular weight is 446 g/mol. The molecule has 0 aromatic heterocycles. The maximum atomic E-state index is 13.0. The summed E-state index contributed by atoms with van der Waals surface area (Å²) >= 11 is 0. The Hall–Kier alpha value is -3.71.